The molecular formula is C8H7F2NO3. The van der Waals surface area contributed by atoms with Gasteiger partial charge in [-0.25, -0.2) is 5.90 Å². The van der Waals surface area contributed by atoms with E-state index in [9.17, 15) is 8.78 Å². The van der Waals surface area contributed by atoms with E-state index in [0.29, 0.717) is 5.56 Å². The van der Waals surface area contributed by atoms with Crippen LogP contribution in [0.2, 0.25) is 0 Å². The number of fused-ring (bicyclic) bond motifs is 1. The summed E-state index contributed by atoms with van der Waals surface area (Å²) >= 11 is 0. The fourth-order valence-electron chi connectivity index (χ4n) is 1.18. The van der Waals surface area contributed by atoms with E-state index in [2.05, 4.69) is 14.3 Å². The maximum atomic E-state index is 12.6. The Balaban J connectivity index is 2.26. The zero-order valence-electron chi connectivity index (χ0n) is 7.00. The van der Waals surface area contributed by atoms with Crippen molar-refractivity contribution in [1.29, 1.82) is 0 Å². The predicted molar refractivity (Wildman–Crippen MR) is 41.6 cm³/mol. The zero-order chi connectivity index (χ0) is 10.2. The van der Waals surface area contributed by atoms with Gasteiger partial charge in [-0.05, 0) is 17.7 Å². The third kappa shape index (κ3) is 1.61. The lowest BCUT2D eigenvalue weighted by molar-refractivity contribution is -0.286. The minimum atomic E-state index is -3.58. The minimum Gasteiger partial charge on any atom is -0.395 e. The van der Waals surface area contributed by atoms with E-state index < -0.39 is 6.29 Å². The highest BCUT2D eigenvalue weighted by Gasteiger charge is 2.43. The zero-order valence-corrected chi connectivity index (χ0v) is 7.00. The SMILES string of the molecule is NOCc1ccc2c(c1)OC(F)(F)O2. The number of hydrogen-bond donors (Lipinski definition) is 1. The molecule has 0 bridgehead atoms. The highest BCUT2D eigenvalue weighted by Crippen LogP contribution is 2.41. The van der Waals surface area contributed by atoms with E-state index in [1.165, 1.54) is 12.1 Å². The van der Waals surface area contributed by atoms with E-state index in [0.717, 1.165) is 0 Å². The van der Waals surface area contributed by atoms with Crippen LogP contribution in [-0.2, 0) is 11.4 Å². The Kier molecular flexibility index (Phi) is 2.01. The molecule has 0 atom stereocenters. The van der Waals surface area contributed by atoms with E-state index in [-0.39, 0.29) is 18.1 Å². The summed E-state index contributed by atoms with van der Waals surface area (Å²) in [7, 11) is 0. The maximum absolute atomic E-state index is 12.6. The molecular weight excluding hydrogens is 196 g/mol. The van der Waals surface area contributed by atoms with Gasteiger partial charge in [0.2, 0.25) is 0 Å². The van der Waals surface area contributed by atoms with Crippen molar-refractivity contribution in [2.45, 2.75) is 12.9 Å². The van der Waals surface area contributed by atoms with Crippen LogP contribution in [0.25, 0.3) is 0 Å². The fraction of sp³-hybridized carbons (Fsp3) is 0.250. The van der Waals surface area contributed by atoms with Gasteiger partial charge in [0.25, 0.3) is 0 Å². The molecule has 1 aliphatic rings. The molecule has 0 unspecified atom stereocenters. The summed E-state index contributed by atoms with van der Waals surface area (Å²) in [4.78, 5) is 4.36. The van der Waals surface area contributed by atoms with Gasteiger partial charge < -0.3 is 9.47 Å². The van der Waals surface area contributed by atoms with Gasteiger partial charge in [-0.3, -0.25) is 4.84 Å². The Morgan fingerprint density at radius 3 is 2.71 bits per heavy atom. The summed E-state index contributed by atoms with van der Waals surface area (Å²) in [6, 6.07) is 4.34. The number of rotatable bonds is 2. The van der Waals surface area contributed by atoms with Crippen LogP contribution in [0.15, 0.2) is 18.2 Å². The summed E-state index contributed by atoms with van der Waals surface area (Å²) < 4.78 is 33.5. The molecule has 0 aromatic heterocycles. The Labute approximate surface area is 78.1 Å². The Hall–Kier alpha value is -1.40. The lowest BCUT2D eigenvalue weighted by Gasteiger charge is -2.04. The van der Waals surface area contributed by atoms with Crippen molar-refractivity contribution in [3.05, 3.63) is 23.8 Å². The molecule has 0 saturated heterocycles. The molecule has 1 heterocycles. The van der Waals surface area contributed by atoms with E-state index >= 15 is 0 Å². The largest absolute Gasteiger partial charge is 0.586 e. The molecule has 0 spiro atoms. The van der Waals surface area contributed by atoms with Gasteiger partial charge >= 0.3 is 6.29 Å². The number of ether oxygens (including phenoxy) is 2. The third-order valence-electron chi connectivity index (χ3n) is 1.72. The smallest absolute Gasteiger partial charge is 0.395 e. The van der Waals surface area contributed by atoms with Gasteiger partial charge in [0.1, 0.15) is 0 Å². The first kappa shape index (κ1) is 9.17. The van der Waals surface area contributed by atoms with E-state index in [4.69, 9.17) is 5.90 Å². The molecule has 14 heavy (non-hydrogen) atoms. The Morgan fingerprint density at radius 1 is 1.29 bits per heavy atom. The third-order valence-corrected chi connectivity index (χ3v) is 1.72. The molecule has 4 nitrogen and oxygen atoms in total. The number of alkyl halides is 2. The molecule has 6 heteroatoms. The van der Waals surface area contributed by atoms with Gasteiger partial charge in [-0.2, -0.15) is 0 Å². The highest BCUT2D eigenvalue weighted by molar-refractivity contribution is 5.44. The summed E-state index contributed by atoms with van der Waals surface area (Å²) in [5.41, 5.74) is 0.632. The average Bonchev–Trinajstić information content (AvgIpc) is 2.38. The first-order chi connectivity index (χ1) is 6.61. The molecule has 0 aliphatic carbocycles. The van der Waals surface area contributed by atoms with Gasteiger partial charge in [0.05, 0.1) is 6.61 Å². The van der Waals surface area contributed by atoms with Gasteiger partial charge in [0.15, 0.2) is 11.5 Å². The molecule has 0 radical (unpaired) electrons. The number of hydrogen-bond acceptors (Lipinski definition) is 4. The average molecular weight is 203 g/mol. The van der Waals surface area contributed by atoms with Crippen LogP contribution >= 0.6 is 0 Å². The summed E-state index contributed by atoms with van der Waals surface area (Å²) in [5.74, 6) is 4.84. The highest BCUT2D eigenvalue weighted by atomic mass is 19.3. The monoisotopic (exact) mass is 203 g/mol. The van der Waals surface area contributed by atoms with Gasteiger partial charge in [0, 0.05) is 0 Å². The standard InChI is InChI=1S/C8H7F2NO3/c9-8(10)13-6-2-1-5(4-12-11)3-7(6)14-8/h1-3H,4,11H2. The van der Waals surface area contributed by atoms with Crippen molar-refractivity contribution in [1.82, 2.24) is 0 Å². The Bertz CT molecular complexity index is 356. The Morgan fingerprint density at radius 2 is 2.00 bits per heavy atom. The second-order valence-electron chi connectivity index (χ2n) is 2.76. The molecule has 2 N–H and O–H groups in total. The predicted octanol–water partition coefficient (Wildman–Crippen LogP) is 1.40. The van der Waals surface area contributed by atoms with Gasteiger partial charge in [-0.1, -0.05) is 6.07 Å². The van der Waals surface area contributed by atoms with Crippen molar-refractivity contribution < 1.29 is 23.1 Å². The van der Waals surface area contributed by atoms with Crippen molar-refractivity contribution in [2.24, 2.45) is 5.90 Å². The van der Waals surface area contributed by atoms with Crippen LogP contribution in [0.1, 0.15) is 5.56 Å². The first-order valence-electron chi connectivity index (χ1n) is 3.81. The van der Waals surface area contributed by atoms with Crippen molar-refractivity contribution in [3.63, 3.8) is 0 Å². The normalized spacial score (nSPS) is 17.1. The molecule has 0 saturated carbocycles. The second-order valence-corrected chi connectivity index (χ2v) is 2.76. The van der Waals surface area contributed by atoms with Crippen LogP contribution in [0, 0.1) is 0 Å². The lowest BCUT2D eigenvalue weighted by Crippen LogP contribution is -2.25. The molecule has 0 fully saturated rings. The summed E-state index contributed by atoms with van der Waals surface area (Å²) in [5, 5.41) is 0. The van der Waals surface area contributed by atoms with E-state index in [1.54, 1.807) is 6.07 Å². The summed E-state index contributed by atoms with van der Waals surface area (Å²) in [6.07, 6.45) is -3.58. The number of nitrogens with two attached hydrogens (primary N) is 1. The molecule has 76 valence electrons. The molecule has 0 amide bonds. The van der Waals surface area contributed by atoms with Crippen molar-refractivity contribution in [3.8, 4) is 11.5 Å². The van der Waals surface area contributed by atoms with Crippen LogP contribution in [0.5, 0.6) is 11.5 Å². The minimum absolute atomic E-state index is 0.00968. The van der Waals surface area contributed by atoms with Crippen molar-refractivity contribution in [2.75, 3.05) is 0 Å². The van der Waals surface area contributed by atoms with Crippen molar-refractivity contribution >= 4 is 0 Å². The van der Waals surface area contributed by atoms with Crippen LogP contribution in [-0.4, -0.2) is 6.29 Å². The van der Waals surface area contributed by atoms with E-state index in [1.807, 2.05) is 0 Å². The number of halogens is 2. The van der Waals surface area contributed by atoms with Crippen LogP contribution in [0.4, 0.5) is 8.78 Å². The molecule has 2 rings (SSSR count). The molecule has 1 aromatic carbocycles. The topological polar surface area (TPSA) is 53.7 Å². The van der Waals surface area contributed by atoms with Crippen LogP contribution in [0.3, 0.4) is 0 Å². The lowest BCUT2D eigenvalue weighted by atomic mass is 10.2. The first-order valence-corrected chi connectivity index (χ1v) is 3.81. The summed E-state index contributed by atoms with van der Waals surface area (Å²) in [6.45, 7) is 0.127. The molecule has 1 aromatic rings. The quantitative estimate of drug-likeness (QED) is 0.738. The maximum Gasteiger partial charge on any atom is 0.586 e. The fourth-order valence-corrected chi connectivity index (χ4v) is 1.18. The number of benzene rings is 1. The second kappa shape index (κ2) is 3.07. The van der Waals surface area contributed by atoms with Crippen LogP contribution < -0.4 is 15.4 Å². The molecule has 1 aliphatic heterocycles. The van der Waals surface area contributed by atoms with Gasteiger partial charge in [-0.15, -0.1) is 8.78 Å².